The first-order valence-electron chi connectivity index (χ1n) is 12.1. The Morgan fingerprint density at radius 2 is 1.87 bits per heavy atom. The minimum atomic E-state index is -1.06. The number of carbonyl (C=O) groups is 1. The van der Waals surface area contributed by atoms with Gasteiger partial charge in [-0.15, -0.1) is 12.4 Å². The first kappa shape index (κ1) is 28.8. The number of benzene rings is 2. The van der Waals surface area contributed by atoms with E-state index in [1.54, 1.807) is 28.9 Å². The zero-order valence-electron chi connectivity index (χ0n) is 21.3. The van der Waals surface area contributed by atoms with Gasteiger partial charge in [0.05, 0.1) is 19.0 Å². The number of aryl methyl sites for hydroxylation is 1. The lowest BCUT2D eigenvalue weighted by atomic mass is 10.1. The number of hydrogen-bond acceptors (Lipinski definition) is 6. The van der Waals surface area contributed by atoms with E-state index in [0.717, 1.165) is 31.2 Å². The lowest BCUT2D eigenvalue weighted by Gasteiger charge is -2.12. The smallest absolute Gasteiger partial charge is 0.251 e. The molecule has 4 rings (SSSR count). The number of ether oxygens (including phenoxy) is 1. The number of unbranched alkanes of at least 4 members (excludes halogenated alkanes) is 3. The van der Waals surface area contributed by atoms with Crippen LogP contribution in [0.5, 0.6) is 5.75 Å². The molecule has 202 valence electrons. The molecule has 0 spiro atoms. The van der Waals surface area contributed by atoms with Crippen molar-refractivity contribution in [3.8, 4) is 17.0 Å². The van der Waals surface area contributed by atoms with Gasteiger partial charge in [-0.25, -0.2) is 14.4 Å². The van der Waals surface area contributed by atoms with Crippen LogP contribution in [0.4, 0.5) is 20.3 Å². The van der Waals surface area contributed by atoms with E-state index in [1.165, 1.54) is 25.4 Å². The van der Waals surface area contributed by atoms with Gasteiger partial charge in [0.15, 0.2) is 23.0 Å². The molecule has 2 aromatic carbocycles. The number of rotatable bonds is 11. The Bertz CT molecular complexity index is 1410. The number of hydrogen-bond donors (Lipinski definition) is 3. The number of imidazole rings is 1. The van der Waals surface area contributed by atoms with Gasteiger partial charge in [0.1, 0.15) is 0 Å². The van der Waals surface area contributed by atoms with Crippen LogP contribution in [-0.2, 0) is 0 Å². The summed E-state index contributed by atoms with van der Waals surface area (Å²) in [5.41, 5.74) is 8.46. The van der Waals surface area contributed by atoms with Crippen molar-refractivity contribution in [3.63, 3.8) is 0 Å². The maximum atomic E-state index is 14.7. The van der Waals surface area contributed by atoms with Gasteiger partial charge in [0.25, 0.3) is 5.91 Å². The lowest BCUT2D eigenvalue weighted by Crippen LogP contribution is -2.25. The van der Waals surface area contributed by atoms with Gasteiger partial charge < -0.3 is 21.1 Å². The van der Waals surface area contributed by atoms with E-state index < -0.39 is 11.6 Å². The summed E-state index contributed by atoms with van der Waals surface area (Å²) in [6.45, 7) is 3.18. The molecule has 0 aliphatic carbocycles. The van der Waals surface area contributed by atoms with Crippen molar-refractivity contribution in [2.24, 2.45) is 5.73 Å². The Kier molecular flexibility index (Phi) is 9.98. The average molecular weight is 545 g/mol. The first-order valence-corrected chi connectivity index (χ1v) is 12.1. The third-order valence-corrected chi connectivity index (χ3v) is 6.12. The molecule has 0 saturated carbocycles. The number of aromatic nitrogens is 3. The number of methoxy groups -OCH3 is 1. The quantitative estimate of drug-likeness (QED) is 0.218. The third kappa shape index (κ3) is 6.20. The fourth-order valence-corrected chi connectivity index (χ4v) is 4.15. The van der Waals surface area contributed by atoms with Crippen LogP contribution in [0.25, 0.3) is 16.9 Å². The van der Waals surface area contributed by atoms with Crippen molar-refractivity contribution >= 4 is 35.5 Å². The molecule has 0 aliphatic heterocycles. The van der Waals surface area contributed by atoms with Crippen molar-refractivity contribution in [1.82, 2.24) is 19.7 Å². The highest BCUT2D eigenvalue weighted by atomic mass is 35.5. The molecule has 11 heteroatoms. The predicted octanol–water partition coefficient (Wildman–Crippen LogP) is 5.41. The van der Waals surface area contributed by atoms with Gasteiger partial charge in [0, 0.05) is 35.8 Å². The predicted molar refractivity (Wildman–Crippen MR) is 146 cm³/mol. The summed E-state index contributed by atoms with van der Waals surface area (Å²) in [6.07, 6.45) is 8.64. The Morgan fingerprint density at radius 1 is 1.08 bits per heavy atom. The summed E-state index contributed by atoms with van der Waals surface area (Å²) in [6, 6.07) is 8.21. The molecule has 4 aromatic rings. The minimum absolute atomic E-state index is 0. The van der Waals surface area contributed by atoms with Gasteiger partial charge in [-0.2, -0.15) is 4.39 Å². The molecule has 2 aromatic heterocycles. The topological polar surface area (TPSA) is 107 Å². The molecular weight excluding hydrogens is 514 g/mol. The Labute approximate surface area is 226 Å². The maximum Gasteiger partial charge on any atom is 0.251 e. The van der Waals surface area contributed by atoms with Gasteiger partial charge in [0.2, 0.25) is 5.82 Å². The molecule has 0 unspecified atom stereocenters. The van der Waals surface area contributed by atoms with Gasteiger partial charge in [-0.05, 0) is 62.2 Å². The van der Waals surface area contributed by atoms with Gasteiger partial charge in [-0.1, -0.05) is 12.8 Å². The van der Waals surface area contributed by atoms with E-state index in [2.05, 4.69) is 20.6 Å². The summed E-state index contributed by atoms with van der Waals surface area (Å²) in [7, 11) is 1.28. The summed E-state index contributed by atoms with van der Waals surface area (Å²) in [5.74, 6) is -1.94. The normalized spacial score (nSPS) is 10.8. The highest BCUT2D eigenvalue weighted by Gasteiger charge is 2.19. The molecule has 0 bridgehead atoms. The third-order valence-electron chi connectivity index (χ3n) is 6.12. The van der Waals surface area contributed by atoms with Crippen LogP contribution in [0.1, 0.15) is 41.6 Å². The van der Waals surface area contributed by atoms with Crippen molar-refractivity contribution in [2.75, 3.05) is 25.5 Å². The number of amides is 1. The number of nitrogens with zero attached hydrogens (tertiary/aromatic N) is 3. The number of nitrogens with one attached hydrogen (secondary N) is 2. The number of nitrogens with two attached hydrogens (primary N) is 1. The fraction of sp³-hybridized carbons (Fsp3) is 0.296. The van der Waals surface area contributed by atoms with Crippen LogP contribution in [-0.4, -0.2) is 40.5 Å². The summed E-state index contributed by atoms with van der Waals surface area (Å²) < 4.78 is 35.5. The lowest BCUT2D eigenvalue weighted by molar-refractivity contribution is 0.0952. The summed E-state index contributed by atoms with van der Waals surface area (Å²) >= 11 is 0. The number of carbonyl (C=O) groups excluding carboxylic acids is 1. The van der Waals surface area contributed by atoms with E-state index >= 15 is 0 Å². The van der Waals surface area contributed by atoms with E-state index in [0.29, 0.717) is 41.5 Å². The highest BCUT2D eigenvalue weighted by Crippen LogP contribution is 2.31. The van der Waals surface area contributed by atoms with Crippen LogP contribution in [0.15, 0.2) is 48.9 Å². The highest BCUT2D eigenvalue weighted by molar-refractivity contribution is 5.96. The van der Waals surface area contributed by atoms with Crippen LogP contribution in [0.2, 0.25) is 0 Å². The van der Waals surface area contributed by atoms with Crippen LogP contribution < -0.4 is 21.1 Å². The molecule has 1 amide bonds. The summed E-state index contributed by atoms with van der Waals surface area (Å²) in [4.78, 5) is 21.3. The van der Waals surface area contributed by atoms with E-state index in [-0.39, 0.29) is 29.6 Å². The van der Waals surface area contributed by atoms with Gasteiger partial charge in [-0.3, -0.25) is 9.20 Å². The monoisotopic (exact) mass is 544 g/mol. The molecule has 0 saturated heterocycles. The van der Waals surface area contributed by atoms with Crippen molar-refractivity contribution in [2.45, 2.75) is 32.6 Å². The standard InChI is InChI=1S/C27H30F2N6O2.ClH/c1-17-15-18(7-8-19(17)27(36)32-12-6-4-3-5-11-30)34-25-26-33-16-21(35(26)14-13-31-25)20-9-10-22(37-2)24(29)23(20)28;/h7-10,13-16H,3-6,11-12,30H2,1-2H3,(H,31,34)(H,32,36);1H. The van der Waals surface area contributed by atoms with E-state index in [4.69, 9.17) is 10.5 Å². The number of halogens is 3. The molecule has 38 heavy (non-hydrogen) atoms. The summed E-state index contributed by atoms with van der Waals surface area (Å²) in [5, 5.41) is 6.17. The molecule has 8 nitrogen and oxygen atoms in total. The maximum absolute atomic E-state index is 14.7. The van der Waals surface area contributed by atoms with Crippen LogP contribution >= 0.6 is 12.4 Å². The van der Waals surface area contributed by atoms with Crippen molar-refractivity contribution < 1.29 is 18.3 Å². The molecular formula is C27H31ClF2N6O2. The average Bonchev–Trinajstić information content (AvgIpc) is 3.32. The Balaban J connectivity index is 0.00000400. The number of fused-ring (bicyclic) bond motifs is 1. The van der Waals surface area contributed by atoms with Crippen molar-refractivity contribution in [1.29, 1.82) is 0 Å². The zero-order chi connectivity index (χ0) is 26.4. The van der Waals surface area contributed by atoms with Crippen molar-refractivity contribution in [3.05, 3.63) is 71.7 Å². The zero-order valence-corrected chi connectivity index (χ0v) is 22.1. The van der Waals surface area contributed by atoms with E-state index in [9.17, 15) is 13.6 Å². The second-order valence-corrected chi connectivity index (χ2v) is 8.67. The molecule has 0 atom stereocenters. The van der Waals surface area contributed by atoms with Crippen LogP contribution in [0, 0.1) is 18.6 Å². The van der Waals surface area contributed by atoms with Gasteiger partial charge >= 0.3 is 0 Å². The fourth-order valence-electron chi connectivity index (χ4n) is 4.15. The second-order valence-electron chi connectivity index (χ2n) is 8.67. The van der Waals surface area contributed by atoms with Crippen LogP contribution in [0.3, 0.4) is 0 Å². The molecule has 2 heterocycles. The Morgan fingerprint density at radius 3 is 2.61 bits per heavy atom. The largest absolute Gasteiger partial charge is 0.494 e. The molecule has 0 radical (unpaired) electrons. The SMILES string of the molecule is COc1ccc(-c2cnc3c(Nc4ccc(C(=O)NCCCCCCN)c(C)c4)nccn23)c(F)c1F.Cl. The first-order chi connectivity index (χ1) is 17.9. The minimum Gasteiger partial charge on any atom is -0.494 e. The number of anilines is 2. The molecule has 0 fully saturated rings. The second kappa shape index (κ2) is 13.2. The Hall–Kier alpha value is -3.76. The molecule has 4 N–H and O–H groups in total. The molecule has 0 aliphatic rings. The van der Waals surface area contributed by atoms with E-state index in [1.807, 2.05) is 13.0 Å².